The van der Waals surface area contributed by atoms with E-state index in [1.807, 2.05) is 0 Å². The Labute approximate surface area is 105 Å². The molecule has 96 valence electrons. The molecular formula is C15H26N2. The Morgan fingerprint density at radius 1 is 1.06 bits per heavy atom. The molecule has 0 saturated carbocycles. The molecule has 2 nitrogen and oxygen atoms in total. The van der Waals surface area contributed by atoms with Crippen LogP contribution in [0.2, 0.25) is 0 Å². The summed E-state index contributed by atoms with van der Waals surface area (Å²) in [4.78, 5) is 0. The van der Waals surface area contributed by atoms with Crippen molar-refractivity contribution in [2.75, 3.05) is 6.54 Å². The van der Waals surface area contributed by atoms with Crippen LogP contribution in [0.1, 0.15) is 42.1 Å². The Morgan fingerprint density at radius 3 is 2.12 bits per heavy atom. The average Bonchev–Trinajstić information content (AvgIpc) is 2.26. The molecule has 0 spiro atoms. The summed E-state index contributed by atoms with van der Waals surface area (Å²) in [6, 6.07) is 4.36. The lowest BCUT2D eigenvalue weighted by molar-refractivity contribution is 0.330. The third kappa shape index (κ3) is 2.88. The third-order valence-electron chi connectivity index (χ3n) is 4.05. The van der Waals surface area contributed by atoms with Crippen LogP contribution in [0.25, 0.3) is 0 Å². The van der Waals surface area contributed by atoms with Gasteiger partial charge < -0.3 is 11.5 Å². The highest BCUT2D eigenvalue weighted by atomic mass is 14.7. The van der Waals surface area contributed by atoms with Crippen LogP contribution in [0.5, 0.6) is 0 Å². The number of rotatable bonds is 4. The minimum Gasteiger partial charge on any atom is -0.330 e. The van der Waals surface area contributed by atoms with E-state index in [1.165, 1.54) is 22.3 Å². The summed E-state index contributed by atoms with van der Waals surface area (Å²) in [7, 11) is 0. The summed E-state index contributed by atoms with van der Waals surface area (Å²) in [5.74, 6) is 0.854. The molecule has 0 radical (unpaired) electrons. The second kappa shape index (κ2) is 5.65. The topological polar surface area (TPSA) is 52.0 Å². The van der Waals surface area contributed by atoms with Crippen molar-refractivity contribution in [2.45, 2.75) is 40.7 Å². The fraction of sp³-hybridized carbons (Fsp3) is 0.600. The summed E-state index contributed by atoms with van der Waals surface area (Å²) >= 11 is 0. The lowest BCUT2D eigenvalue weighted by Crippen LogP contribution is -2.32. The van der Waals surface area contributed by atoms with E-state index in [0.717, 1.165) is 0 Å². The van der Waals surface area contributed by atoms with Crippen LogP contribution in [-0.2, 0) is 0 Å². The van der Waals surface area contributed by atoms with Crippen LogP contribution < -0.4 is 11.5 Å². The molecule has 1 aromatic rings. The van der Waals surface area contributed by atoms with Crippen molar-refractivity contribution in [3.8, 4) is 0 Å². The zero-order valence-corrected chi connectivity index (χ0v) is 11.7. The number of hydrogen-bond donors (Lipinski definition) is 2. The van der Waals surface area contributed by atoms with Gasteiger partial charge in [0.2, 0.25) is 0 Å². The number of benzene rings is 1. The molecule has 0 saturated heterocycles. The molecule has 4 N–H and O–H groups in total. The van der Waals surface area contributed by atoms with Crippen LogP contribution in [0.4, 0.5) is 0 Å². The SMILES string of the molecule is Cc1ccc(C(N)C(CN)C(C)C)c(C)c1C. The normalized spacial score (nSPS) is 15.1. The van der Waals surface area contributed by atoms with E-state index >= 15 is 0 Å². The predicted octanol–water partition coefficient (Wildman–Crippen LogP) is 2.84. The Morgan fingerprint density at radius 2 is 1.65 bits per heavy atom. The van der Waals surface area contributed by atoms with Crippen molar-refractivity contribution >= 4 is 0 Å². The van der Waals surface area contributed by atoms with Gasteiger partial charge in [-0.3, -0.25) is 0 Å². The zero-order chi connectivity index (χ0) is 13.2. The Bertz CT molecular complexity index is 383. The van der Waals surface area contributed by atoms with Gasteiger partial charge in [0.15, 0.2) is 0 Å². The third-order valence-corrected chi connectivity index (χ3v) is 4.05. The molecule has 2 atom stereocenters. The lowest BCUT2D eigenvalue weighted by Gasteiger charge is -2.28. The van der Waals surface area contributed by atoms with Gasteiger partial charge in [-0.05, 0) is 61.4 Å². The Hall–Kier alpha value is -0.860. The maximum atomic E-state index is 6.39. The largest absolute Gasteiger partial charge is 0.330 e. The first kappa shape index (κ1) is 14.2. The van der Waals surface area contributed by atoms with Crippen molar-refractivity contribution in [1.82, 2.24) is 0 Å². The quantitative estimate of drug-likeness (QED) is 0.841. The van der Waals surface area contributed by atoms with Gasteiger partial charge in [0.05, 0.1) is 0 Å². The van der Waals surface area contributed by atoms with E-state index in [9.17, 15) is 0 Å². The van der Waals surface area contributed by atoms with E-state index in [1.54, 1.807) is 0 Å². The molecule has 2 unspecified atom stereocenters. The van der Waals surface area contributed by atoms with Gasteiger partial charge in [0, 0.05) is 6.04 Å². The molecule has 17 heavy (non-hydrogen) atoms. The van der Waals surface area contributed by atoms with Gasteiger partial charge in [-0.25, -0.2) is 0 Å². The summed E-state index contributed by atoms with van der Waals surface area (Å²) < 4.78 is 0. The van der Waals surface area contributed by atoms with E-state index in [-0.39, 0.29) is 6.04 Å². The highest BCUT2D eigenvalue weighted by Gasteiger charge is 2.23. The summed E-state index contributed by atoms with van der Waals surface area (Å²) in [6.07, 6.45) is 0. The van der Waals surface area contributed by atoms with Gasteiger partial charge in [-0.15, -0.1) is 0 Å². The molecule has 0 aliphatic rings. The standard InChI is InChI=1S/C15H26N2/c1-9(2)14(8-16)15(17)13-7-6-10(3)11(4)12(13)5/h6-7,9,14-15H,8,16-17H2,1-5H3. The smallest absolute Gasteiger partial charge is 0.0340 e. The summed E-state index contributed by atoms with van der Waals surface area (Å²) in [6.45, 7) is 11.5. The highest BCUT2D eigenvalue weighted by Crippen LogP contribution is 2.29. The summed E-state index contributed by atoms with van der Waals surface area (Å²) in [5.41, 5.74) is 17.5. The number of hydrogen-bond acceptors (Lipinski definition) is 2. The molecule has 1 rings (SSSR count). The average molecular weight is 234 g/mol. The van der Waals surface area contributed by atoms with Crippen LogP contribution in [0.15, 0.2) is 12.1 Å². The maximum absolute atomic E-state index is 6.39. The minimum absolute atomic E-state index is 0.0410. The van der Waals surface area contributed by atoms with Crippen molar-refractivity contribution in [3.05, 3.63) is 34.4 Å². The molecule has 0 aromatic heterocycles. The van der Waals surface area contributed by atoms with Gasteiger partial charge in [0.25, 0.3) is 0 Å². The lowest BCUT2D eigenvalue weighted by atomic mass is 9.82. The molecule has 0 heterocycles. The van der Waals surface area contributed by atoms with E-state index < -0.39 is 0 Å². The van der Waals surface area contributed by atoms with E-state index in [4.69, 9.17) is 11.5 Å². The fourth-order valence-corrected chi connectivity index (χ4v) is 2.40. The van der Waals surface area contributed by atoms with Gasteiger partial charge in [-0.1, -0.05) is 26.0 Å². The van der Waals surface area contributed by atoms with Gasteiger partial charge in [0.1, 0.15) is 0 Å². The molecule has 0 fully saturated rings. The first-order valence-corrected chi connectivity index (χ1v) is 6.42. The van der Waals surface area contributed by atoms with Crippen molar-refractivity contribution in [3.63, 3.8) is 0 Å². The van der Waals surface area contributed by atoms with Crippen LogP contribution in [0, 0.1) is 32.6 Å². The first-order chi connectivity index (χ1) is 7.90. The zero-order valence-electron chi connectivity index (χ0n) is 11.7. The molecule has 0 aliphatic carbocycles. The van der Waals surface area contributed by atoms with Crippen molar-refractivity contribution < 1.29 is 0 Å². The molecule has 2 heteroatoms. The molecule has 1 aromatic carbocycles. The van der Waals surface area contributed by atoms with Gasteiger partial charge in [-0.2, -0.15) is 0 Å². The van der Waals surface area contributed by atoms with Crippen molar-refractivity contribution in [1.29, 1.82) is 0 Å². The fourth-order valence-electron chi connectivity index (χ4n) is 2.40. The van der Waals surface area contributed by atoms with Crippen LogP contribution >= 0.6 is 0 Å². The second-order valence-electron chi connectivity index (χ2n) is 5.39. The van der Waals surface area contributed by atoms with E-state index in [2.05, 4.69) is 46.8 Å². The molecular weight excluding hydrogens is 208 g/mol. The maximum Gasteiger partial charge on any atom is 0.0340 e. The Balaban J connectivity index is 3.12. The van der Waals surface area contributed by atoms with Crippen LogP contribution in [0.3, 0.4) is 0 Å². The second-order valence-corrected chi connectivity index (χ2v) is 5.39. The molecule has 0 bridgehead atoms. The van der Waals surface area contributed by atoms with Crippen molar-refractivity contribution in [2.24, 2.45) is 23.3 Å². The molecule has 0 amide bonds. The predicted molar refractivity (Wildman–Crippen MR) is 75.0 cm³/mol. The van der Waals surface area contributed by atoms with Gasteiger partial charge >= 0.3 is 0 Å². The number of aryl methyl sites for hydroxylation is 1. The van der Waals surface area contributed by atoms with E-state index in [0.29, 0.717) is 18.4 Å². The Kier molecular flexibility index (Phi) is 4.72. The highest BCUT2D eigenvalue weighted by molar-refractivity contribution is 5.40. The first-order valence-electron chi connectivity index (χ1n) is 6.42. The minimum atomic E-state index is 0.0410. The van der Waals surface area contributed by atoms with Crippen LogP contribution in [-0.4, -0.2) is 6.54 Å². The number of nitrogens with two attached hydrogens (primary N) is 2. The monoisotopic (exact) mass is 234 g/mol. The molecule has 0 aliphatic heterocycles. The summed E-state index contributed by atoms with van der Waals surface area (Å²) in [5, 5.41) is 0.